The maximum Gasteiger partial charge on any atom is 0.256 e. The smallest absolute Gasteiger partial charge is 0.256 e. The summed E-state index contributed by atoms with van der Waals surface area (Å²) >= 11 is 5.83. The standard InChI is InChI=1S/C17H19ClN2O/c1-11-14(9-10-15(18)19-11)20-16(21)12-7-5-6-8-13(12)17(2,3)4/h5-10H,1-4H3,(H,20,21). The molecule has 0 fully saturated rings. The number of anilines is 1. The molecule has 1 aromatic carbocycles. The van der Waals surface area contributed by atoms with Gasteiger partial charge in [0.25, 0.3) is 5.91 Å². The van der Waals surface area contributed by atoms with Crippen LogP contribution in [-0.2, 0) is 5.41 Å². The first kappa shape index (κ1) is 15.5. The first-order chi connectivity index (χ1) is 9.79. The molecule has 0 atom stereocenters. The minimum Gasteiger partial charge on any atom is -0.320 e. The van der Waals surface area contributed by atoms with Crippen LogP contribution in [0.3, 0.4) is 0 Å². The van der Waals surface area contributed by atoms with Gasteiger partial charge in [-0.3, -0.25) is 4.79 Å². The Bertz CT molecular complexity index is 675. The van der Waals surface area contributed by atoms with Crippen molar-refractivity contribution < 1.29 is 4.79 Å². The van der Waals surface area contributed by atoms with Crippen molar-refractivity contribution in [2.75, 3.05) is 5.32 Å². The van der Waals surface area contributed by atoms with Crippen molar-refractivity contribution in [1.82, 2.24) is 4.98 Å². The third-order valence-electron chi connectivity index (χ3n) is 3.28. The number of halogens is 1. The summed E-state index contributed by atoms with van der Waals surface area (Å²) in [5.41, 5.74) is 2.97. The monoisotopic (exact) mass is 302 g/mol. The highest BCUT2D eigenvalue weighted by Crippen LogP contribution is 2.26. The molecule has 110 valence electrons. The lowest BCUT2D eigenvalue weighted by Gasteiger charge is -2.22. The van der Waals surface area contributed by atoms with Gasteiger partial charge < -0.3 is 5.32 Å². The molecule has 3 nitrogen and oxygen atoms in total. The summed E-state index contributed by atoms with van der Waals surface area (Å²) in [7, 11) is 0. The molecule has 0 aliphatic rings. The van der Waals surface area contributed by atoms with Crippen molar-refractivity contribution in [3.05, 3.63) is 58.4 Å². The first-order valence-corrected chi connectivity index (χ1v) is 7.21. The van der Waals surface area contributed by atoms with Crippen LogP contribution in [0.15, 0.2) is 36.4 Å². The number of hydrogen-bond donors (Lipinski definition) is 1. The molecular formula is C17H19ClN2O. The Kier molecular flexibility index (Phi) is 4.33. The maximum atomic E-state index is 12.5. The second-order valence-corrected chi connectivity index (χ2v) is 6.40. The van der Waals surface area contributed by atoms with Gasteiger partial charge in [-0.15, -0.1) is 0 Å². The largest absolute Gasteiger partial charge is 0.320 e. The Morgan fingerprint density at radius 1 is 1.14 bits per heavy atom. The van der Waals surface area contributed by atoms with Crippen molar-refractivity contribution in [2.24, 2.45) is 0 Å². The zero-order chi connectivity index (χ0) is 15.6. The van der Waals surface area contributed by atoms with Gasteiger partial charge in [0, 0.05) is 5.56 Å². The van der Waals surface area contributed by atoms with Crippen molar-refractivity contribution >= 4 is 23.2 Å². The number of carbonyl (C=O) groups is 1. The summed E-state index contributed by atoms with van der Waals surface area (Å²) in [6.45, 7) is 8.09. The third kappa shape index (κ3) is 3.61. The van der Waals surface area contributed by atoms with Crippen LogP contribution in [0.1, 0.15) is 42.4 Å². The number of nitrogens with zero attached hydrogens (tertiary/aromatic N) is 1. The second-order valence-electron chi connectivity index (χ2n) is 6.02. The molecule has 0 radical (unpaired) electrons. The number of benzene rings is 1. The third-order valence-corrected chi connectivity index (χ3v) is 3.49. The van der Waals surface area contributed by atoms with Crippen LogP contribution in [-0.4, -0.2) is 10.9 Å². The van der Waals surface area contributed by atoms with E-state index < -0.39 is 0 Å². The van der Waals surface area contributed by atoms with Gasteiger partial charge in [-0.05, 0) is 36.1 Å². The van der Waals surface area contributed by atoms with Crippen molar-refractivity contribution in [3.8, 4) is 0 Å². The average Bonchev–Trinajstić information content (AvgIpc) is 2.41. The molecule has 1 amide bonds. The molecule has 0 unspecified atom stereocenters. The molecule has 0 saturated heterocycles. The van der Waals surface area contributed by atoms with E-state index in [1.807, 2.05) is 31.2 Å². The Morgan fingerprint density at radius 3 is 2.43 bits per heavy atom. The van der Waals surface area contributed by atoms with E-state index in [4.69, 9.17) is 11.6 Å². The number of carbonyl (C=O) groups excluding carboxylic acids is 1. The fourth-order valence-electron chi connectivity index (χ4n) is 2.19. The van der Waals surface area contributed by atoms with Crippen LogP contribution in [0.2, 0.25) is 5.15 Å². The highest BCUT2D eigenvalue weighted by atomic mass is 35.5. The summed E-state index contributed by atoms with van der Waals surface area (Å²) < 4.78 is 0. The van der Waals surface area contributed by atoms with Gasteiger partial charge in [0.15, 0.2) is 0 Å². The molecule has 2 rings (SSSR count). The Hall–Kier alpha value is -1.87. The van der Waals surface area contributed by atoms with Crippen LogP contribution in [0, 0.1) is 6.92 Å². The maximum absolute atomic E-state index is 12.5. The first-order valence-electron chi connectivity index (χ1n) is 6.83. The zero-order valence-electron chi connectivity index (χ0n) is 12.7. The average molecular weight is 303 g/mol. The number of hydrogen-bond acceptors (Lipinski definition) is 2. The molecule has 2 aromatic rings. The molecule has 1 N–H and O–H groups in total. The number of amides is 1. The number of aryl methyl sites for hydroxylation is 1. The molecule has 1 heterocycles. The minimum absolute atomic E-state index is 0.0960. The topological polar surface area (TPSA) is 42.0 Å². The number of rotatable bonds is 2. The molecule has 0 bridgehead atoms. The van der Waals surface area contributed by atoms with Gasteiger partial charge in [0.2, 0.25) is 0 Å². The lowest BCUT2D eigenvalue weighted by atomic mass is 9.83. The van der Waals surface area contributed by atoms with Gasteiger partial charge in [0.05, 0.1) is 11.4 Å². The van der Waals surface area contributed by atoms with Gasteiger partial charge in [0.1, 0.15) is 5.15 Å². The molecular weight excluding hydrogens is 284 g/mol. The molecule has 0 aliphatic carbocycles. The van der Waals surface area contributed by atoms with E-state index in [2.05, 4.69) is 31.1 Å². The van der Waals surface area contributed by atoms with Gasteiger partial charge in [-0.1, -0.05) is 50.6 Å². The van der Waals surface area contributed by atoms with Crippen LogP contribution < -0.4 is 5.32 Å². The zero-order valence-corrected chi connectivity index (χ0v) is 13.5. The van der Waals surface area contributed by atoms with Crippen molar-refractivity contribution in [1.29, 1.82) is 0 Å². The predicted octanol–water partition coefficient (Wildman–Crippen LogP) is 4.59. The highest BCUT2D eigenvalue weighted by Gasteiger charge is 2.21. The molecule has 0 spiro atoms. The van der Waals surface area contributed by atoms with Gasteiger partial charge in [-0.25, -0.2) is 4.98 Å². The molecule has 4 heteroatoms. The predicted molar refractivity (Wildman–Crippen MR) is 87.1 cm³/mol. The Labute approximate surface area is 130 Å². The van der Waals surface area contributed by atoms with Crippen LogP contribution in [0.5, 0.6) is 0 Å². The highest BCUT2D eigenvalue weighted by molar-refractivity contribution is 6.29. The lowest BCUT2D eigenvalue weighted by Crippen LogP contribution is -2.21. The van der Waals surface area contributed by atoms with Crippen LogP contribution in [0.25, 0.3) is 0 Å². The van der Waals surface area contributed by atoms with E-state index in [9.17, 15) is 4.79 Å². The van der Waals surface area contributed by atoms with E-state index in [0.717, 1.165) is 5.56 Å². The molecule has 1 aromatic heterocycles. The normalized spacial score (nSPS) is 11.3. The lowest BCUT2D eigenvalue weighted by molar-refractivity contribution is 0.102. The SMILES string of the molecule is Cc1nc(Cl)ccc1NC(=O)c1ccccc1C(C)(C)C. The molecule has 21 heavy (non-hydrogen) atoms. The molecule has 0 saturated carbocycles. The number of pyridine rings is 1. The quantitative estimate of drug-likeness (QED) is 0.824. The van der Waals surface area contributed by atoms with E-state index >= 15 is 0 Å². The summed E-state index contributed by atoms with van der Waals surface area (Å²) in [5.74, 6) is -0.132. The van der Waals surface area contributed by atoms with E-state index in [-0.39, 0.29) is 11.3 Å². The van der Waals surface area contributed by atoms with Gasteiger partial charge in [-0.2, -0.15) is 0 Å². The van der Waals surface area contributed by atoms with E-state index in [1.165, 1.54) is 0 Å². The van der Waals surface area contributed by atoms with Crippen molar-refractivity contribution in [3.63, 3.8) is 0 Å². The minimum atomic E-state index is -0.132. The van der Waals surface area contributed by atoms with Crippen LogP contribution in [0.4, 0.5) is 5.69 Å². The van der Waals surface area contributed by atoms with Crippen LogP contribution >= 0.6 is 11.6 Å². The summed E-state index contributed by atoms with van der Waals surface area (Å²) in [6, 6.07) is 11.1. The fraction of sp³-hybridized carbons (Fsp3) is 0.294. The number of aromatic nitrogens is 1. The summed E-state index contributed by atoms with van der Waals surface area (Å²) in [6.07, 6.45) is 0. The summed E-state index contributed by atoms with van der Waals surface area (Å²) in [4.78, 5) is 16.7. The number of nitrogens with one attached hydrogen (secondary N) is 1. The van der Waals surface area contributed by atoms with E-state index in [0.29, 0.717) is 22.1 Å². The Morgan fingerprint density at radius 2 is 1.81 bits per heavy atom. The summed E-state index contributed by atoms with van der Waals surface area (Å²) in [5, 5.41) is 3.32. The molecule has 0 aliphatic heterocycles. The van der Waals surface area contributed by atoms with Gasteiger partial charge >= 0.3 is 0 Å². The fourth-order valence-corrected chi connectivity index (χ4v) is 2.38. The second kappa shape index (κ2) is 5.86. The van der Waals surface area contributed by atoms with Crippen molar-refractivity contribution in [2.45, 2.75) is 33.1 Å². The Balaban J connectivity index is 2.33. The van der Waals surface area contributed by atoms with E-state index in [1.54, 1.807) is 12.1 Å².